The van der Waals surface area contributed by atoms with Crippen LogP contribution in [0.5, 0.6) is 0 Å². The van der Waals surface area contributed by atoms with Gasteiger partial charge < -0.3 is 19.7 Å². The quantitative estimate of drug-likeness (QED) is 0.687. The molecule has 1 N–H and O–H groups in total. The summed E-state index contributed by atoms with van der Waals surface area (Å²) in [6.45, 7) is 4.67. The molecule has 1 saturated heterocycles. The predicted octanol–water partition coefficient (Wildman–Crippen LogP) is 4.04. The Morgan fingerprint density at radius 1 is 1.03 bits per heavy atom. The van der Waals surface area contributed by atoms with Crippen LogP contribution < -0.4 is 10.2 Å². The van der Waals surface area contributed by atoms with Crippen molar-refractivity contribution in [2.45, 2.75) is 44.1 Å². The van der Waals surface area contributed by atoms with E-state index in [1.54, 1.807) is 19.1 Å². The molecule has 2 aliphatic rings. The average molecular weight is 441 g/mol. The number of nitrogens with zero attached hydrogens (tertiary/aromatic N) is 1. The molecular weight excluding hydrogens is 411 g/mol. The van der Waals surface area contributed by atoms with Crippen LogP contribution in [0.25, 0.3) is 0 Å². The molecule has 170 valence electrons. The molecule has 0 spiro atoms. The Morgan fingerprint density at radius 3 is 2.28 bits per heavy atom. The van der Waals surface area contributed by atoms with Gasteiger partial charge in [-0.25, -0.2) is 4.39 Å². The van der Waals surface area contributed by atoms with E-state index in [0.717, 1.165) is 37.2 Å². The fourth-order valence-corrected chi connectivity index (χ4v) is 4.51. The van der Waals surface area contributed by atoms with Crippen molar-refractivity contribution < 1.29 is 23.5 Å². The number of carbonyl (C=O) groups is 2. The molecule has 1 atom stereocenters. The summed E-state index contributed by atoms with van der Waals surface area (Å²) in [6.07, 6.45) is 2.11. The standard InChI is InChI=1S/C25H29FN2O4/c1-18(23(29)27-21-8-10-22(11-9-21)28-14-16-31-17-15-28)32-24(30)25(12-2-3-13-25)19-4-6-20(26)7-5-19/h4-11,18H,2-3,12-17H2,1H3,(H,27,29). The summed E-state index contributed by atoms with van der Waals surface area (Å²) in [5.41, 5.74) is 1.65. The number of ether oxygens (including phenoxy) is 2. The van der Waals surface area contributed by atoms with Crippen LogP contribution in [0.4, 0.5) is 15.8 Å². The monoisotopic (exact) mass is 440 g/mol. The van der Waals surface area contributed by atoms with Gasteiger partial charge in [0.25, 0.3) is 5.91 Å². The largest absolute Gasteiger partial charge is 0.452 e. The highest BCUT2D eigenvalue weighted by Crippen LogP contribution is 2.42. The number of benzene rings is 2. The van der Waals surface area contributed by atoms with Gasteiger partial charge in [0.2, 0.25) is 0 Å². The fraction of sp³-hybridized carbons (Fsp3) is 0.440. The second-order valence-corrected chi connectivity index (χ2v) is 8.48. The molecular formula is C25H29FN2O4. The third-order valence-electron chi connectivity index (χ3n) is 6.41. The lowest BCUT2D eigenvalue weighted by Gasteiger charge is -2.29. The van der Waals surface area contributed by atoms with E-state index in [9.17, 15) is 14.0 Å². The van der Waals surface area contributed by atoms with E-state index in [4.69, 9.17) is 9.47 Å². The van der Waals surface area contributed by atoms with Crippen LogP contribution in [0.15, 0.2) is 48.5 Å². The summed E-state index contributed by atoms with van der Waals surface area (Å²) in [7, 11) is 0. The first-order valence-corrected chi connectivity index (χ1v) is 11.2. The van der Waals surface area contributed by atoms with Crippen LogP contribution in [0.2, 0.25) is 0 Å². The van der Waals surface area contributed by atoms with E-state index in [-0.39, 0.29) is 11.7 Å². The van der Waals surface area contributed by atoms with Crippen molar-refractivity contribution in [3.63, 3.8) is 0 Å². The number of morpholine rings is 1. The molecule has 6 nitrogen and oxygen atoms in total. The van der Waals surface area contributed by atoms with E-state index in [0.29, 0.717) is 31.7 Å². The fourth-order valence-electron chi connectivity index (χ4n) is 4.51. The van der Waals surface area contributed by atoms with E-state index in [1.807, 2.05) is 24.3 Å². The van der Waals surface area contributed by atoms with Gasteiger partial charge in [-0.15, -0.1) is 0 Å². The lowest BCUT2D eigenvalue weighted by Crippen LogP contribution is -2.39. The second kappa shape index (κ2) is 9.69. The van der Waals surface area contributed by atoms with Gasteiger partial charge in [-0.05, 0) is 61.7 Å². The highest BCUT2D eigenvalue weighted by Gasteiger charge is 2.45. The molecule has 1 aliphatic carbocycles. The van der Waals surface area contributed by atoms with Crippen molar-refractivity contribution in [1.82, 2.24) is 0 Å². The van der Waals surface area contributed by atoms with E-state index in [1.165, 1.54) is 12.1 Å². The van der Waals surface area contributed by atoms with Gasteiger partial charge in [0.05, 0.1) is 18.6 Å². The molecule has 1 heterocycles. The Morgan fingerprint density at radius 2 is 1.66 bits per heavy atom. The smallest absolute Gasteiger partial charge is 0.317 e. The maximum Gasteiger partial charge on any atom is 0.317 e. The molecule has 2 aromatic rings. The summed E-state index contributed by atoms with van der Waals surface area (Å²) in [6, 6.07) is 13.6. The molecule has 4 rings (SSSR count). The van der Waals surface area contributed by atoms with Crippen LogP contribution in [0, 0.1) is 5.82 Å². The number of anilines is 2. The molecule has 2 aromatic carbocycles. The number of carbonyl (C=O) groups excluding carboxylic acids is 2. The van der Waals surface area contributed by atoms with Gasteiger partial charge in [-0.2, -0.15) is 0 Å². The highest BCUT2D eigenvalue weighted by molar-refractivity contribution is 5.96. The number of amides is 1. The normalized spacial score (nSPS) is 18.8. The summed E-state index contributed by atoms with van der Waals surface area (Å²) < 4.78 is 24.4. The molecule has 0 aromatic heterocycles. The molecule has 1 amide bonds. The molecule has 1 saturated carbocycles. The van der Waals surface area contributed by atoms with Gasteiger partial charge in [0.15, 0.2) is 6.10 Å². The Balaban J connectivity index is 1.38. The Hall–Kier alpha value is -2.93. The van der Waals surface area contributed by atoms with Crippen LogP contribution in [-0.2, 0) is 24.5 Å². The van der Waals surface area contributed by atoms with Crippen LogP contribution in [0.1, 0.15) is 38.2 Å². The van der Waals surface area contributed by atoms with Crippen LogP contribution >= 0.6 is 0 Å². The van der Waals surface area contributed by atoms with Gasteiger partial charge in [0, 0.05) is 24.5 Å². The maximum atomic E-state index is 13.4. The minimum Gasteiger partial charge on any atom is -0.452 e. The van der Waals surface area contributed by atoms with Crippen molar-refractivity contribution in [2.24, 2.45) is 0 Å². The van der Waals surface area contributed by atoms with E-state index < -0.39 is 17.5 Å². The third kappa shape index (κ3) is 4.78. The number of hydrogen-bond acceptors (Lipinski definition) is 5. The molecule has 7 heteroatoms. The van der Waals surface area contributed by atoms with Crippen molar-refractivity contribution in [3.8, 4) is 0 Å². The van der Waals surface area contributed by atoms with E-state index >= 15 is 0 Å². The average Bonchev–Trinajstić information content (AvgIpc) is 3.32. The van der Waals surface area contributed by atoms with Crippen molar-refractivity contribution >= 4 is 23.3 Å². The Bertz CT molecular complexity index is 933. The van der Waals surface area contributed by atoms with E-state index in [2.05, 4.69) is 10.2 Å². The summed E-state index contributed by atoms with van der Waals surface area (Å²) >= 11 is 0. The molecule has 1 unspecified atom stereocenters. The Kier molecular flexibility index (Phi) is 6.74. The third-order valence-corrected chi connectivity index (χ3v) is 6.41. The minimum atomic E-state index is -0.945. The predicted molar refractivity (Wildman–Crippen MR) is 120 cm³/mol. The lowest BCUT2D eigenvalue weighted by atomic mass is 9.79. The molecule has 32 heavy (non-hydrogen) atoms. The first-order valence-electron chi connectivity index (χ1n) is 11.2. The number of hydrogen-bond donors (Lipinski definition) is 1. The topological polar surface area (TPSA) is 67.9 Å². The van der Waals surface area contributed by atoms with Crippen molar-refractivity contribution in [3.05, 3.63) is 59.9 Å². The Labute approximate surface area is 187 Å². The number of nitrogens with one attached hydrogen (secondary N) is 1. The zero-order valence-electron chi connectivity index (χ0n) is 18.3. The summed E-state index contributed by atoms with van der Waals surface area (Å²) in [5, 5.41) is 2.82. The number of rotatable bonds is 6. The van der Waals surface area contributed by atoms with Gasteiger partial charge in [0.1, 0.15) is 5.82 Å². The zero-order chi connectivity index (χ0) is 22.6. The lowest BCUT2D eigenvalue weighted by molar-refractivity contribution is -0.159. The SMILES string of the molecule is CC(OC(=O)C1(c2ccc(F)cc2)CCCC1)C(=O)Nc1ccc(N2CCOCC2)cc1. The van der Waals surface area contributed by atoms with Crippen molar-refractivity contribution in [1.29, 1.82) is 0 Å². The molecule has 0 bridgehead atoms. The van der Waals surface area contributed by atoms with Gasteiger partial charge in [-0.3, -0.25) is 9.59 Å². The molecule has 2 fully saturated rings. The second-order valence-electron chi connectivity index (χ2n) is 8.48. The van der Waals surface area contributed by atoms with Gasteiger partial charge in [-0.1, -0.05) is 25.0 Å². The maximum absolute atomic E-state index is 13.4. The molecule has 0 radical (unpaired) electrons. The summed E-state index contributed by atoms with van der Waals surface area (Å²) in [4.78, 5) is 28.0. The summed E-state index contributed by atoms with van der Waals surface area (Å²) in [5.74, 6) is -1.15. The van der Waals surface area contributed by atoms with Crippen LogP contribution in [0.3, 0.4) is 0 Å². The first-order chi connectivity index (χ1) is 15.5. The van der Waals surface area contributed by atoms with Gasteiger partial charge >= 0.3 is 5.97 Å². The van der Waals surface area contributed by atoms with Crippen molar-refractivity contribution in [2.75, 3.05) is 36.5 Å². The highest BCUT2D eigenvalue weighted by atomic mass is 19.1. The van der Waals surface area contributed by atoms with Crippen LogP contribution in [-0.4, -0.2) is 44.3 Å². The zero-order valence-corrected chi connectivity index (χ0v) is 18.3. The number of esters is 1. The molecule has 1 aliphatic heterocycles. The minimum absolute atomic E-state index is 0.345. The number of halogens is 1. The first kappa shape index (κ1) is 22.3.